The molecule has 2 heteroatoms. The molecule has 1 fully saturated rings. The summed E-state index contributed by atoms with van der Waals surface area (Å²) in [7, 11) is 0. The van der Waals surface area contributed by atoms with E-state index in [1.807, 2.05) is 0 Å². The lowest BCUT2D eigenvalue weighted by Gasteiger charge is -2.40. The maximum absolute atomic E-state index is 2.59. The summed E-state index contributed by atoms with van der Waals surface area (Å²) in [5.41, 5.74) is 2.28. The average molecular weight is 309 g/mol. The van der Waals surface area contributed by atoms with Crippen LogP contribution in [0.1, 0.15) is 74.7 Å². The highest BCUT2D eigenvalue weighted by molar-refractivity contribution is 5.05. The summed E-state index contributed by atoms with van der Waals surface area (Å²) >= 11 is 0. The summed E-state index contributed by atoms with van der Waals surface area (Å²) in [6.45, 7) is 23.3. The molecule has 2 aliphatic rings. The summed E-state index contributed by atoms with van der Waals surface area (Å²) in [5, 5.41) is 0. The minimum absolute atomic E-state index is 0.344. The Morgan fingerprint density at radius 1 is 0.864 bits per heavy atom. The van der Waals surface area contributed by atoms with Crippen LogP contribution in [0.25, 0.3) is 0 Å². The van der Waals surface area contributed by atoms with Gasteiger partial charge in [0.25, 0.3) is 0 Å². The largest absolute Gasteiger partial charge is 0.298 e. The molecular weight excluding hydrogens is 268 g/mol. The molecule has 0 unspecified atom stereocenters. The third-order valence-electron chi connectivity index (χ3n) is 5.12. The van der Waals surface area contributed by atoms with Crippen LogP contribution in [-0.2, 0) is 0 Å². The fourth-order valence-corrected chi connectivity index (χ4v) is 3.06. The van der Waals surface area contributed by atoms with Crippen molar-refractivity contribution in [1.82, 2.24) is 9.80 Å². The molecule has 2 rings (SSSR count). The predicted octanol–water partition coefficient (Wildman–Crippen LogP) is 4.95. The molecule has 0 radical (unpaired) electrons. The topological polar surface area (TPSA) is 6.48 Å². The van der Waals surface area contributed by atoms with Gasteiger partial charge in [-0.1, -0.05) is 18.6 Å². The fourth-order valence-electron chi connectivity index (χ4n) is 3.06. The summed E-state index contributed by atoms with van der Waals surface area (Å²) in [6.07, 6.45) is 6.36. The molecule has 0 saturated carbocycles. The van der Waals surface area contributed by atoms with E-state index in [0.717, 1.165) is 12.5 Å². The molecule has 1 saturated heterocycles. The molecule has 0 aromatic carbocycles. The van der Waals surface area contributed by atoms with Crippen molar-refractivity contribution in [3.05, 3.63) is 11.6 Å². The lowest BCUT2D eigenvalue weighted by molar-refractivity contribution is 0.0916. The maximum Gasteiger partial charge on any atom is 0.0171 e. The van der Waals surface area contributed by atoms with Gasteiger partial charge in [-0.2, -0.15) is 0 Å². The smallest absolute Gasteiger partial charge is 0.0171 e. The molecule has 0 aromatic rings. The Bertz CT molecular complexity index is 349. The van der Waals surface area contributed by atoms with E-state index in [1.165, 1.54) is 38.9 Å². The van der Waals surface area contributed by atoms with Crippen LogP contribution in [0.15, 0.2) is 11.6 Å². The van der Waals surface area contributed by atoms with Gasteiger partial charge < -0.3 is 0 Å². The van der Waals surface area contributed by atoms with Gasteiger partial charge in [0, 0.05) is 24.2 Å². The Hall–Kier alpha value is -0.340. The molecule has 0 amide bonds. The van der Waals surface area contributed by atoms with Gasteiger partial charge in [-0.05, 0) is 86.7 Å². The second kappa shape index (κ2) is 7.97. The molecule has 2 nitrogen and oxygen atoms in total. The van der Waals surface area contributed by atoms with E-state index in [2.05, 4.69) is 71.3 Å². The van der Waals surface area contributed by atoms with Gasteiger partial charge in [0.05, 0.1) is 0 Å². The zero-order chi connectivity index (χ0) is 17.0. The van der Waals surface area contributed by atoms with Gasteiger partial charge in [-0.25, -0.2) is 0 Å². The van der Waals surface area contributed by atoms with Gasteiger partial charge in [-0.3, -0.25) is 9.80 Å². The molecule has 0 aliphatic carbocycles. The van der Waals surface area contributed by atoms with Gasteiger partial charge in [0.15, 0.2) is 0 Å². The Morgan fingerprint density at radius 2 is 1.36 bits per heavy atom. The Balaban J connectivity index is 0.000000220. The minimum atomic E-state index is 0.344. The van der Waals surface area contributed by atoms with E-state index in [0.29, 0.717) is 11.1 Å². The third kappa shape index (κ3) is 6.83. The minimum Gasteiger partial charge on any atom is -0.298 e. The molecule has 22 heavy (non-hydrogen) atoms. The number of hydrogen-bond donors (Lipinski definition) is 0. The second-order valence-electron chi connectivity index (χ2n) is 9.26. The van der Waals surface area contributed by atoms with Crippen LogP contribution < -0.4 is 0 Å². The molecule has 0 atom stereocenters. The fraction of sp³-hybridized carbons (Fsp3) is 0.900. The first-order valence-electron chi connectivity index (χ1n) is 9.16. The maximum atomic E-state index is 2.59. The molecule has 130 valence electrons. The first-order valence-corrected chi connectivity index (χ1v) is 9.16. The third-order valence-corrected chi connectivity index (χ3v) is 5.12. The zero-order valence-corrected chi connectivity index (χ0v) is 16.5. The van der Waals surface area contributed by atoms with Gasteiger partial charge in [-0.15, -0.1) is 0 Å². The highest BCUT2D eigenvalue weighted by atomic mass is 15.2. The zero-order valence-electron chi connectivity index (χ0n) is 16.5. The standard InChI is InChI=1S/C10H21N.C10H19N/c2*1-9-5-7-11(8-6-9)10(2,3)4/h9H,5-8H2,1-4H3;5H,6-8H2,1-4H3. The molecule has 2 heterocycles. The van der Waals surface area contributed by atoms with Crippen molar-refractivity contribution in [2.24, 2.45) is 5.92 Å². The summed E-state index contributed by atoms with van der Waals surface area (Å²) in [6, 6.07) is 0. The lowest BCUT2D eigenvalue weighted by Crippen LogP contribution is -2.45. The van der Waals surface area contributed by atoms with Crippen molar-refractivity contribution in [1.29, 1.82) is 0 Å². The van der Waals surface area contributed by atoms with E-state index in [9.17, 15) is 0 Å². The molecule has 2 aliphatic heterocycles. The highest BCUT2D eigenvalue weighted by Crippen LogP contribution is 2.22. The highest BCUT2D eigenvalue weighted by Gasteiger charge is 2.24. The van der Waals surface area contributed by atoms with Crippen molar-refractivity contribution in [3.8, 4) is 0 Å². The second-order valence-corrected chi connectivity index (χ2v) is 9.26. The number of nitrogens with zero attached hydrogens (tertiary/aromatic N) is 2. The molecule has 0 N–H and O–H groups in total. The molecule has 0 aromatic heterocycles. The quantitative estimate of drug-likeness (QED) is 0.584. The van der Waals surface area contributed by atoms with Crippen LogP contribution in [0.4, 0.5) is 0 Å². The summed E-state index contributed by atoms with van der Waals surface area (Å²) in [5.74, 6) is 0.952. The van der Waals surface area contributed by atoms with Crippen molar-refractivity contribution in [2.45, 2.75) is 85.7 Å². The Kier molecular flexibility index (Phi) is 7.14. The van der Waals surface area contributed by atoms with Crippen molar-refractivity contribution in [2.75, 3.05) is 26.2 Å². The van der Waals surface area contributed by atoms with Gasteiger partial charge in [0.2, 0.25) is 0 Å². The van der Waals surface area contributed by atoms with E-state index < -0.39 is 0 Å². The first-order chi connectivity index (χ1) is 10.00. The molecule has 0 bridgehead atoms. The van der Waals surface area contributed by atoms with Crippen LogP contribution in [0.5, 0.6) is 0 Å². The normalized spacial score (nSPS) is 22.8. The van der Waals surface area contributed by atoms with E-state index in [-0.39, 0.29) is 0 Å². The Morgan fingerprint density at radius 3 is 1.73 bits per heavy atom. The van der Waals surface area contributed by atoms with Crippen molar-refractivity contribution >= 4 is 0 Å². The van der Waals surface area contributed by atoms with Crippen molar-refractivity contribution in [3.63, 3.8) is 0 Å². The monoisotopic (exact) mass is 308 g/mol. The number of piperidine rings is 1. The van der Waals surface area contributed by atoms with Crippen LogP contribution in [0, 0.1) is 5.92 Å². The van der Waals surface area contributed by atoms with Gasteiger partial charge >= 0.3 is 0 Å². The number of rotatable bonds is 0. The Labute approximate surface area is 139 Å². The molecule has 0 spiro atoms. The predicted molar refractivity (Wildman–Crippen MR) is 99.4 cm³/mol. The molecular formula is C20H40N2. The van der Waals surface area contributed by atoms with Crippen molar-refractivity contribution < 1.29 is 0 Å². The average Bonchev–Trinajstić information content (AvgIpc) is 2.38. The van der Waals surface area contributed by atoms with Crippen LogP contribution in [0.3, 0.4) is 0 Å². The summed E-state index contributed by atoms with van der Waals surface area (Å²) < 4.78 is 0. The van der Waals surface area contributed by atoms with Gasteiger partial charge in [0.1, 0.15) is 0 Å². The number of hydrogen-bond acceptors (Lipinski definition) is 2. The lowest BCUT2D eigenvalue weighted by atomic mass is 9.95. The van der Waals surface area contributed by atoms with E-state index >= 15 is 0 Å². The van der Waals surface area contributed by atoms with E-state index in [1.54, 1.807) is 5.57 Å². The van der Waals surface area contributed by atoms with Crippen LogP contribution >= 0.6 is 0 Å². The van der Waals surface area contributed by atoms with Crippen LogP contribution in [-0.4, -0.2) is 47.1 Å². The summed E-state index contributed by atoms with van der Waals surface area (Å²) in [4.78, 5) is 5.10. The van der Waals surface area contributed by atoms with E-state index in [4.69, 9.17) is 0 Å². The van der Waals surface area contributed by atoms with Crippen LogP contribution in [0.2, 0.25) is 0 Å². The SMILES string of the molecule is CC1=CCN(C(C)(C)C)CC1.CC1CCN(C(C)(C)C)CC1. The number of likely N-dealkylation sites (tertiary alicyclic amines) is 1. The first kappa shape index (κ1) is 19.7.